The van der Waals surface area contributed by atoms with Crippen LogP contribution in [0.3, 0.4) is 0 Å². The SMILES string of the molecule is CCn1c(=O)c2nc(I)n(C)c2n(CC)c1=O. The molecule has 0 bridgehead atoms. The van der Waals surface area contributed by atoms with Crippen LogP contribution < -0.4 is 11.2 Å². The molecule has 0 aliphatic rings. The number of hydrogen-bond acceptors (Lipinski definition) is 3. The van der Waals surface area contributed by atoms with Crippen LogP contribution >= 0.6 is 22.6 Å². The zero-order valence-corrected chi connectivity index (χ0v) is 12.1. The molecule has 0 atom stereocenters. The summed E-state index contributed by atoms with van der Waals surface area (Å²) < 4.78 is 5.26. The average Bonchev–Trinajstić information content (AvgIpc) is 2.59. The molecule has 0 fully saturated rings. The van der Waals surface area contributed by atoms with E-state index in [4.69, 9.17) is 0 Å². The Hall–Kier alpha value is -1.12. The van der Waals surface area contributed by atoms with Crippen molar-refractivity contribution in [2.45, 2.75) is 26.9 Å². The fourth-order valence-corrected chi connectivity index (χ4v) is 2.40. The van der Waals surface area contributed by atoms with Crippen molar-refractivity contribution in [3.05, 3.63) is 24.7 Å². The lowest BCUT2D eigenvalue weighted by molar-refractivity contribution is 0.599. The summed E-state index contributed by atoms with van der Waals surface area (Å²) in [6.45, 7) is 4.54. The van der Waals surface area contributed by atoms with E-state index in [0.29, 0.717) is 28.1 Å². The number of aryl methyl sites for hydroxylation is 2. The van der Waals surface area contributed by atoms with Crippen LogP contribution in [0.25, 0.3) is 11.2 Å². The first-order chi connectivity index (χ1) is 8.02. The van der Waals surface area contributed by atoms with Gasteiger partial charge in [0.1, 0.15) is 0 Å². The molecule has 0 N–H and O–H groups in total. The van der Waals surface area contributed by atoms with Crippen LogP contribution in [-0.2, 0) is 20.1 Å². The molecular formula is C10H13IN4O2. The van der Waals surface area contributed by atoms with E-state index in [0.717, 1.165) is 0 Å². The van der Waals surface area contributed by atoms with Crippen molar-refractivity contribution in [1.29, 1.82) is 0 Å². The number of rotatable bonds is 2. The largest absolute Gasteiger partial charge is 0.332 e. The third-order valence-corrected chi connectivity index (χ3v) is 3.77. The normalized spacial score (nSPS) is 11.3. The molecule has 0 saturated heterocycles. The monoisotopic (exact) mass is 348 g/mol. The quantitative estimate of drug-likeness (QED) is 0.588. The van der Waals surface area contributed by atoms with Crippen molar-refractivity contribution >= 4 is 33.8 Å². The zero-order chi connectivity index (χ0) is 12.7. The van der Waals surface area contributed by atoms with E-state index < -0.39 is 0 Å². The Morgan fingerprint density at radius 2 is 1.76 bits per heavy atom. The number of fused-ring (bicyclic) bond motifs is 1. The van der Waals surface area contributed by atoms with Crippen LogP contribution in [0.15, 0.2) is 9.59 Å². The number of halogens is 1. The van der Waals surface area contributed by atoms with Gasteiger partial charge in [0.05, 0.1) is 0 Å². The number of nitrogens with zero attached hydrogens (tertiary/aromatic N) is 4. The number of aromatic nitrogens is 4. The first-order valence-electron chi connectivity index (χ1n) is 5.38. The van der Waals surface area contributed by atoms with E-state index in [1.54, 1.807) is 23.1 Å². The van der Waals surface area contributed by atoms with E-state index in [-0.39, 0.29) is 11.2 Å². The van der Waals surface area contributed by atoms with Crippen molar-refractivity contribution in [2.75, 3.05) is 0 Å². The third-order valence-electron chi connectivity index (χ3n) is 2.81. The summed E-state index contributed by atoms with van der Waals surface area (Å²) >= 11 is 2.05. The predicted octanol–water partition coefficient (Wildman–Crippen LogP) is 0.541. The van der Waals surface area contributed by atoms with Gasteiger partial charge in [-0.2, -0.15) is 0 Å². The van der Waals surface area contributed by atoms with E-state index in [2.05, 4.69) is 27.6 Å². The van der Waals surface area contributed by atoms with E-state index in [9.17, 15) is 9.59 Å². The van der Waals surface area contributed by atoms with Crippen molar-refractivity contribution in [1.82, 2.24) is 18.7 Å². The second kappa shape index (κ2) is 4.28. The fraction of sp³-hybridized carbons (Fsp3) is 0.500. The van der Waals surface area contributed by atoms with Crippen LogP contribution in [0.2, 0.25) is 0 Å². The molecule has 92 valence electrons. The number of hydrogen-bond donors (Lipinski definition) is 0. The van der Waals surface area contributed by atoms with Crippen molar-refractivity contribution < 1.29 is 0 Å². The second-order valence-electron chi connectivity index (χ2n) is 3.69. The van der Waals surface area contributed by atoms with Crippen LogP contribution in [0, 0.1) is 3.83 Å². The summed E-state index contributed by atoms with van der Waals surface area (Å²) in [5.41, 5.74) is 0.374. The molecule has 0 unspecified atom stereocenters. The Labute approximate surface area is 111 Å². The van der Waals surface area contributed by atoms with E-state index in [1.807, 2.05) is 6.92 Å². The zero-order valence-electron chi connectivity index (χ0n) is 9.90. The Morgan fingerprint density at radius 3 is 2.29 bits per heavy atom. The van der Waals surface area contributed by atoms with Gasteiger partial charge in [0, 0.05) is 42.7 Å². The van der Waals surface area contributed by atoms with Gasteiger partial charge in [-0.15, -0.1) is 0 Å². The van der Waals surface area contributed by atoms with Gasteiger partial charge in [-0.1, -0.05) is 0 Å². The molecule has 0 saturated carbocycles. The minimum Gasteiger partial charge on any atom is -0.308 e. The Morgan fingerprint density at radius 1 is 1.18 bits per heavy atom. The van der Waals surface area contributed by atoms with Gasteiger partial charge in [0.25, 0.3) is 5.56 Å². The summed E-state index contributed by atoms with van der Waals surface area (Å²) in [5.74, 6) is 0. The smallest absolute Gasteiger partial charge is 0.308 e. The molecule has 0 spiro atoms. The van der Waals surface area contributed by atoms with Gasteiger partial charge in [-0.25, -0.2) is 9.78 Å². The molecule has 2 heterocycles. The van der Waals surface area contributed by atoms with Crippen molar-refractivity contribution in [2.24, 2.45) is 7.05 Å². The van der Waals surface area contributed by atoms with E-state index >= 15 is 0 Å². The van der Waals surface area contributed by atoms with Gasteiger partial charge >= 0.3 is 5.69 Å². The Kier molecular flexibility index (Phi) is 3.11. The van der Waals surface area contributed by atoms with Gasteiger partial charge in [-0.05, 0) is 13.8 Å². The predicted molar refractivity (Wildman–Crippen MR) is 73.3 cm³/mol. The molecular weight excluding hydrogens is 335 g/mol. The third kappa shape index (κ3) is 1.63. The highest BCUT2D eigenvalue weighted by Gasteiger charge is 2.17. The lowest BCUT2D eigenvalue weighted by Crippen LogP contribution is -2.39. The van der Waals surface area contributed by atoms with Gasteiger partial charge in [0.15, 0.2) is 15.0 Å². The molecule has 17 heavy (non-hydrogen) atoms. The van der Waals surface area contributed by atoms with E-state index in [1.165, 1.54) is 4.57 Å². The lowest BCUT2D eigenvalue weighted by Gasteiger charge is -2.09. The highest BCUT2D eigenvalue weighted by Crippen LogP contribution is 2.11. The molecule has 2 rings (SSSR count). The molecule has 0 aliphatic heterocycles. The van der Waals surface area contributed by atoms with Gasteiger partial charge < -0.3 is 4.57 Å². The summed E-state index contributed by atoms with van der Waals surface area (Å²) in [6.07, 6.45) is 0. The van der Waals surface area contributed by atoms with Gasteiger partial charge in [0.2, 0.25) is 0 Å². The first kappa shape index (κ1) is 12.3. The molecule has 0 aromatic carbocycles. The summed E-state index contributed by atoms with van der Waals surface area (Å²) in [6, 6.07) is 0. The lowest BCUT2D eigenvalue weighted by atomic mass is 10.5. The van der Waals surface area contributed by atoms with Crippen LogP contribution in [0.1, 0.15) is 13.8 Å². The summed E-state index contributed by atoms with van der Waals surface area (Å²) in [4.78, 5) is 28.4. The highest BCUT2D eigenvalue weighted by molar-refractivity contribution is 14.1. The van der Waals surface area contributed by atoms with Crippen LogP contribution in [0.4, 0.5) is 0 Å². The minimum absolute atomic E-state index is 0.271. The fourth-order valence-electron chi connectivity index (χ4n) is 1.93. The van der Waals surface area contributed by atoms with Gasteiger partial charge in [-0.3, -0.25) is 13.9 Å². The maximum Gasteiger partial charge on any atom is 0.332 e. The summed E-state index contributed by atoms with van der Waals surface area (Å²) in [7, 11) is 1.80. The maximum absolute atomic E-state index is 12.1. The maximum atomic E-state index is 12.1. The Bertz CT molecular complexity index is 695. The molecule has 2 aromatic rings. The molecule has 7 heteroatoms. The standard InChI is InChI=1S/C10H13IN4O2/c1-4-14-7-6(12-9(11)13(7)3)8(16)15(5-2)10(14)17/h4-5H2,1-3H3. The molecule has 0 amide bonds. The van der Waals surface area contributed by atoms with Crippen LogP contribution in [-0.4, -0.2) is 18.7 Å². The molecule has 0 radical (unpaired) electrons. The van der Waals surface area contributed by atoms with Crippen LogP contribution in [0.5, 0.6) is 0 Å². The second-order valence-corrected chi connectivity index (χ2v) is 4.65. The minimum atomic E-state index is -0.310. The molecule has 2 aromatic heterocycles. The topological polar surface area (TPSA) is 61.8 Å². The van der Waals surface area contributed by atoms with Crippen molar-refractivity contribution in [3.8, 4) is 0 Å². The molecule has 6 nitrogen and oxygen atoms in total. The average molecular weight is 348 g/mol. The summed E-state index contributed by atoms with van der Waals surface area (Å²) in [5, 5.41) is 0. The first-order valence-corrected chi connectivity index (χ1v) is 6.46. The Balaban J connectivity index is 3.12. The van der Waals surface area contributed by atoms with Crippen molar-refractivity contribution in [3.63, 3.8) is 0 Å². The molecule has 0 aliphatic carbocycles. The number of imidazole rings is 1. The highest BCUT2D eigenvalue weighted by atomic mass is 127.